The summed E-state index contributed by atoms with van der Waals surface area (Å²) in [6.07, 6.45) is 1.72. The van der Waals surface area contributed by atoms with Crippen LogP contribution in [0.4, 0.5) is 0 Å². The van der Waals surface area contributed by atoms with Crippen LogP contribution in [0, 0.1) is 11.8 Å². The third-order valence-electron chi connectivity index (χ3n) is 2.97. The fourth-order valence-corrected chi connectivity index (χ4v) is 1.91. The molecule has 0 aliphatic rings. The Morgan fingerprint density at radius 1 is 1.24 bits per heavy atom. The molecule has 0 radical (unpaired) electrons. The van der Waals surface area contributed by atoms with Gasteiger partial charge in [0.05, 0.1) is 6.61 Å². The van der Waals surface area contributed by atoms with E-state index in [2.05, 4.69) is 13.8 Å². The molecule has 1 aromatic carbocycles. The fraction of sp³-hybridized carbons (Fsp3) is 0.533. The summed E-state index contributed by atoms with van der Waals surface area (Å²) in [6.45, 7) is 6.21. The number of Topliss-reactive ketones (excluding diaryl/α,β-unsaturated/α-hetero) is 1. The van der Waals surface area contributed by atoms with E-state index in [4.69, 9.17) is 5.11 Å². The number of carbonyl (C=O) groups excluding carboxylic acids is 1. The SMILES string of the molecule is CCC(CO)C(=O)c1ccc(CC(C)C)cc1. The van der Waals surface area contributed by atoms with E-state index in [-0.39, 0.29) is 18.3 Å². The van der Waals surface area contributed by atoms with Gasteiger partial charge in [0.25, 0.3) is 0 Å². The van der Waals surface area contributed by atoms with Crippen LogP contribution >= 0.6 is 0 Å². The zero-order chi connectivity index (χ0) is 12.8. The fourth-order valence-electron chi connectivity index (χ4n) is 1.91. The van der Waals surface area contributed by atoms with Crippen LogP contribution in [0.3, 0.4) is 0 Å². The number of hydrogen-bond acceptors (Lipinski definition) is 2. The highest BCUT2D eigenvalue weighted by Gasteiger charge is 2.16. The summed E-state index contributed by atoms with van der Waals surface area (Å²) in [5, 5.41) is 9.11. The maximum absolute atomic E-state index is 12.0. The normalized spacial score (nSPS) is 12.8. The zero-order valence-electron chi connectivity index (χ0n) is 10.9. The molecule has 1 unspecified atom stereocenters. The minimum atomic E-state index is -0.258. The second-order valence-corrected chi connectivity index (χ2v) is 4.95. The summed E-state index contributed by atoms with van der Waals surface area (Å²) in [4.78, 5) is 12.0. The van der Waals surface area contributed by atoms with Crippen molar-refractivity contribution in [2.75, 3.05) is 6.61 Å². The highest BCUT2D eigenvalue weighted by atomic mass is 16.3. The van der Waals surface area contributed by atoms with Gasteiger partial charge in [0.2, 0.25) is 0 Å². The van der Waals surface area contributed by atoms with E-state index < -0.39 is 0 Å². The monoisotopic (exact) mass is 234 g/mol. The molecule has 2 heteroatoms. The van der Waals surface area contributed by atoms with Gasteiger partial charge >= 0.3 is 0 Å². The lowest BCUT2D eigenvalue weighted by atomic mass is 9.94. The number of ketones is 1. The molecule has 2 nitrogen and oxygen atoms in total. The van der Waals surface area contributed by atoms with Gasteiger partial charge in [0.15, 0.2) is 5.78 Å². The van der Waals surface area contributed by atoms with Gasteiger partial charge in [0.1, 0.15) is 0 Å². The number of benzene rings is 1. The molecule has 0 aliphatic carbocycles. The van der Waals surface area contributed by atoms with Crippen LogP contribution in [-0.4, -0.2) is 17.5 Å². The first-order chi connectivity index (χ1) is 8.08. The number of aliphatic hydroxyl groups is 1. The van der Waals surface area contributed by atoms with Gasteiger partial charge in [-0.1, -0.05) is 45.0 Å². The van der Waals surface area contributed by atoms with E-state index >= 15 is 0 Å². The van der Waals surface area contributed by atoms with Crippen LogP contribution in [-0.2, 0) is 6.42 Å². The Morgan fingerprint density at radius 3 is 2.24 bits per heavy atom. The van der Waals surface area contributed by atoms with Crippen LogP contribution in [0.2, 0.25) is 0 Å². The lowest BCUT2D eigenvalue weighted by Crippen LogP contribution is -2.17. The van der Waals surface area contributed by atoms with Gasteiger partial charge in [-0.15, -0.1) is 0 Å². The number of aliphatic hydroxyl groups excluding tert-OH is 1. The second-order valence-electron chi connectivity index (χ2n) is 4.95. The van der Waals surface area contributed by atoms with Crippen LogP contribution < -0.4 is 0 Å². The molecule has 0 saturated carbocycles. The molecule has 1 rings (SSSR count). The van der Waals surface area contributed by atoms with Crippen molar-refractivity contribution in [3.05, 3.63) is 35.4 Å². The van der Waals surface area contributed by atoms with Gasteiger partial charge < -0.3 is 5.11 Å². The number of rotatable bonds is 6. The number of hydrogen-bond donors (Lipinski definition) is 1. The Balaban J connectivity index is 2.76. The van der Waals surface area contributed by atoms with E-state index in [0.29, 0.717) is 17.9 Å². The summed E-state index contributed by atoms with van der Waals surface area (Å²) < 4.78 is 0. The summed E-state index contributed by atoms with van der Waals surface area (Å²) in [5.41, 5.74) is 1.96. The predicted molar refractivity (Wildman–Crippen MR) is 70.2 cm³/mol. The lowest BCUT2D eigenvalue weighted by Gasteiger charge is -2.11. The van der Waals surface area contributed by atoms with Crippen molar-refractivity contribution in [2.24, 2.45) is 11.8 Å². The first-order valence-electron chi connectivity index (χ1n) is 6.32. The molecule has 1 aromatic rings. The maximum atomic E-state index is 12.0. The largest absolute Gasteiger partial charge is 0.396 e. The van der Waals surface area contributed by atoms with Crippen molar-refractivity contribution in [2.45, 2.75) is 33.6 Å². The molecule has 1 N–H and O–H groups in total. The molecule has 0 aliphatic heterocycles. The van der Waals surface area contributed by atoms with Crippen LogP contribution in [0.15, 0.2) is 24.3 Å². The van der Waals surface area contributed by atoms with Gasteiger partial charge in [0, 0.05) is 11.5 Å². The summed E-state index contributed by atoms with van der Waals surface area (Å²) >= 11 is 0. The Hall–Kier alpha value is -1.15. The van der Waals surface area contributed by atoms with Gasteiger partial charge in [-0.3, -0.25) is 4.79 Å². The average molecular weight is 234 g/mol. The molecular formula is C15H22O2. The summed E-state index contributed by atoms with van der Waals surface area (Å²) in [6, 6.07) is 7.77. The van der Waals surface area contributed by atoms with Gasteiger partial charge in [-0.05, 0) is 24.3 Å². The molecular weight excluding hydrogens is 212 g/mol. The van der Waals surface area contributed by atoms with Crippen molar-refractivity contribution in [3.63, 3.8) is 0 Å². The van der Waals surface area contributed by atoms with Crippen LogP contribution in [0.1, 0.15) is 43.1 Å². The van der Waals surface area contributed by atoms with Crippen molar-refractivity contribution in [1.82, 2.24) is 0 Å². The number of carbonyl (C=O) groups is 1. The van der Waals surface area contributed by atoms with Crippen molar-refractivity contribution in [1.29, 1.82) is 0 Å². The van der Waals surface area contributed by atoms with Gasteiger partial charge in [-0.2, -0.15) is 0 Å². The minimum Gasteiger partial charge on any atom is -0.396 e. The van der Waals surface area contributed by atoms with E-state index in [1.165, 1.54) is 5.56 Å². The molecule has 0 fully saturated rings. The van der Waals surface area contributed by atoms with Gasteiger partial charge in [-0.25, -0.2) is 0 Å². The predicted octanol–water partition coefficient (Wildman–Crippen LogP) is 3.09. The molecule has 0 amide bonds. The Morgan fingerprint density at radius 2 is 1.82 bits per heavy atom. The zero-order valence-corrected chi connectivity index (χ0v) is 10.9. The van der Waals surface area contributed by atoms with Crippen LogP contribution in [0.25, 0.3) is 0 Å². The smallest absolute Gasteiger partial charge is 0.168 e. The Bertz CT molecular complexity index is 348. The third-order valence-corrected chi connectivity index (χ3v) is 2.97. The third kappa shape index (κ3) is 3.97. The Kier molecular flexibility index (Phi) is 5.36. The molecule has 0 aromatic heterocycles. The first-order valence-corrected chi connectivity index (χ1v) is 6.32. The first kappa shape index (κ1) is 13.9. The Labute approximate surface area is 104 Å². The van der Waals surface area contributed by atoms with Crippen LogP contribution in [0.5, 0.6) is 0 Å². The highest BCUT2D eigenvalue weighted by Crippen LogP contribution is 2.14. The molecule has 0 bridgehead atoms. The van der Waals surface area contributed by atoms with E-state index in [9.17, 15) is 4.79 Å². The van der Waals surface area contributed by atoms with Crippen molar-refractivity contribution in [3.8, 4) is 0 Å². The van der Waals surface area contributed by atoms with Crippen molar-refractivity contribution >= 4 is 5.78 Å². The van der Waals surface area contributed by atoms with E-state index in [1.807, 2.05) is 31.2 Å². The second kappa shape index (κ2) is 6.55. The molecule has 0 heterocycles. The van der Waals surface area contributed by atoms with E-state index in [1.54, 1.807) is 0 Å². The average Bonchev–Trinajstić information content (AvgIpc) is 2.30. The maximum Gasteiger partial charge on any atom is 0.168 e. The molecule has 1 atom stereocenters. The van der Waals surface area contributed by atoms with Crippen molar-refractivity contribution < 1.29 is 9.90 Å². The topological polar surface area (TPSA) is 37.3 Å². The minimum absolute atomic E-state index is 0.0473. The molecule has 94 valence electrons. The molecule has 0 saturated heterocycles. The molecule has 17 heavy (non-hydrogen) atoms. The summed E-state index contributed by atoms with van der Waals surface area (Å²) in [7, 11) is 0. The van der Waals surface area contributed by atoms with E-state index in [0.717, 1.165) is 6.42 Å². The standard InChI is InChI=1S/C15H22O2/c1-4-13(10-16)15(17)14-7-5-12(6-8-14)9-11(2)3/h5-8,11,13,16H,4,9-10H2,1-3H3. The quantitative estimate of drug-likeness (QED) is 0.768. The lowest BCUT2D eigenvalue weighted by molar-refractivity contribution is 0.0856. The highest BCUT2D eigenvalue weighted by molar-refractivity contribution is 5.97. The molecule has 0 spiro atoms. The summed E-state index contributed by atoms with van der Waals surface area (Å²) in [5.74, 6) is 0.412.